The van der Waals surface area contributed by atoms with Crippen molar-refractivity contribution in [3.63, 3.8) is 0 Å². The predicted molar refractivity (Wildman–Crippen MR) is 67.5 cm³/mol. The summed E-state index contributed by atoms with van der Waals surface area (Å²) in [6.45, 7) is 4.03. The first-order chi connectivity index (χ1) is 8.75. The lowest BCUT2D eigenvalue weighted by molar-refractivity contribution is -0.385. The van der Waals surface area contributed by atoms with Gasteiger partial charge in [0.15, 0.2) is 0 Å². The molecule has 1 aromatic heterocycles. The lowest BCUT2D eigenvalue weighted by Gasteiger charge is -2.26. The molecular weight excluding hydrogens is 234 g/mol. The molecule has 7 nitrogen and oxygen atoms in total. The van der Waals surface area contributed by atoms with Crippen LogP contribution in [0.15, 0.2) is 12.4 Å². The summed E-state index contributed by atoms with van der Waals surface area (Å²) in [5.74, 6) is 0.442. The number of rotatable bonds is 5. The van der Waals surface area contributed by atoms with Crippen LogP contribution >= 0.6 is 0 Å². The van der Waals surface area contributed by atoms with Gasteiger partial charge in [-0.15, -0.1) is 0 Å². The van der Waals surface area contributed by atoms with Crippen LogP contribution in [0.2, 0.25) is 0 Å². The Labute approximate surface area is 105 Å². The van der Waals surface area contributed by atoms with Crippen molar-refractivity contribution in [3.8, 4) is 0 Å². The van der Waals surface area contributed by atoms with Gasteiger partial charge in [0, 0.05) is 13.1 Å². The standard InChI is InChI=1S/C11H17N5O2/c17-16(18)10-8-13-11(14-9-10)12-4-7-15-5-2-1-3-6-15/h8-9H,1-7H2,(H,12,13,14). The smallest absolute Gasteiger partial charge is 0.305 e. The fraction of sp³-hybridized carbons (Fsp3) is 0.636. The third-order valence-corrected chi connectivity index (χ3v) is 3.01. The first kappa shape index (κ1) is 12.7. The minimum Gasteiger partial charge on any atom is -0.353 e. The minimum absolute atomic E-state index is 0.0865. The lowest BCUT2D eigenvalue weighted by Crippen LogP contribution is -2.33. The molecule has 0 aliphatic carbocycles. The number of hydrogen-bond acceptors (Lipinski definition) is 6. The van der Waals surface area contributed by atoms with Crippen LogP contribution in [0.3, 0.4) is 0 Å². The molecule has 18 heavy (non-hydrogen) atoms. The Morgan fingerprint density at radius 2 is 1.94 bits per heavy atom. The Kier molecular flexibility index (Phi) is 4.40. The molecule has 1 aliphatic rings. The second-order valence-corrected chi connectivity index (χ2v) is 4.35. The normalized spacial score (nSPS) is 16.4. The summed E-state index contributed by atoms with van der Waals surface area (Å²) >= 11 is 0. The Balaban J connectivity index is 1.74. The van der Waals surface area contributed by atoms with E-state index in [4.69, 9.17) is 0 Å². The van der Waals surface area contributed by atoms with Crippen LogP contribution in [0.5, 0.6) is 0 Å². The zero-order valence-electron chi connectivity index (χ0n) is 10.2. The molecule has 1 aliphatic heterocycles. The van der Waals surface area contributed by atoms with Crippen LogP contribution in [0, 0.1) is 10.1 Å². The SMILES string of the molecule is O=[N+]([O-])c1cnc(NCCN2CCCCC2)nc1. The van der Waals surface area contributed by atoms with Crippen molar-refractivity contribution < 1.29 is 4.92 Å². The summed E-state index contributed by atoms with van der Waals surface area (Å²) in [5, 5.41) is 13.5. The van der Waals surface area contributed by atoms with Crippen molar-refractivity contribution >= 4 is 11.6 Å². The molecule has 7 heteroatoms. The lowest BCUT2D eigenvalue weighted by atomic mass is 10.1. The van der Waals surface area contributed by atoms with Crippen LogP contribution in [-0.2, 0) is 0 Å². The molecule has 0 bridgehead atoms. The highest BCUT2D eigenvalue weighted by Crippen LogP contribution is 2.09. The number of nitrogens with one attached hydrogen (secondary N) is 1. The third-order valence-electron chi connectivity index (χ3n) is 3.01. The average molecular weight is 251 g/mol. The number of piperidine rings is 1. The molecule has 2 heterocycles. The van der Waals surface area contributed by atoms with Crippen molar-refractivity contribution in [2.24, 2.45) is 0 Å². The van der Waals surface area contributed by atoms with Gasteiger partial charge in [-0.2, -0.15) is 0 Å². The first-order valence-corrected chi connectivity index (χ1v) is 6.18. The molecule has 0 radical (unpaired) electrons. The van der Waals surface area contributed by atoms with Gasteiger partial charge in [0.2, 0.25) is 5.95 Å². The number of nitrogens with zero attached hydrogens (tertiary/aromatic N) is 4. The predicted octanol–water partition coefficient (Wildman–Crippen LogP) is 1.28. The number of nitro groups is 1. The Hall–Kier alpha value is -1.76. The summed E-state index contributed by atoms with van der Waals surface area (Å²) in [7, 11) is 0. The van der Waals surface area contributed by atoms with Gasteiger partial charge in [0.1, 0.15) is 12.4 Å². The van der Waals surface area contributed by atoms with E-state index in [0.717, 1.165) is 26.2 Å². The molecule has 1 aromatic rings. The maximum absolute atomic E-state index is 10.4. The Bertz CT molecular complexity index is 389. The number of likely N-dealkylation sites (tertiary alicyclic amines) is 1. The second-order valence-electron chi connectivity index (χ2n) is 4.35. The molecule has 1 N–H and O–H groups in total. The summed E-state index contributed by atoms with van der Waals surface area (Å²) in [4.78, 5) is 20.1. The molecule has 0 amide bonds. The highest BCUT2D eigenvalue weighted by molar-refractivity contribution is 5.30. The third kappa shape index (κ3) is 3.63. The Morgan fingerprint density at radius 3 is 2.56 bits per heavy atom. The summed E-state index contributed by atoms with van der Waals surface area (Å²) in [6, 6.07) is 0. The topological polar surface area (TPSA) is 84.2 Å². The molecule has 0 aromatic carbocycles. The summed E-state index contributed by atoms with van der Waals surface area (Å²) in [6.07, 6.45) is 6.31. The monoisotopic (exact) mass is 251 g/mol. The molecular formula is C11H17N5O2. The number of anilines is 1. The van der Waals surface area contributed by atoms with E-state index in [1.165, 1.54) is 31.7 Å². The van der Waals surface area contributed by atoms with Crippen LogP contribution in [-0.4, -0.2) is 46.0 Å². The van der Waals surface area contributed by atoms with E-state index >= 15 is 0 Å². The van der Waals surface area contributed by atoms with E-state index in [2.05, 4.69) is 20.2 Å². The number of aromatic nitrogens is 2. The van der Waals surface area contributed by atoms with Gasteiger partial charge in [-0.25, -0.2) is 9.97 Å². The zero-order chi connectivity index (χ0) is 12.8. The van der Waals surface area contributed by atoms with Gasteiger partial charge in [-0.1, -0.05) is 6.42 Å². The molecule has 98 valence electrons. The molecule has 2 rings (SSSR count). The Morgan fingerprint density at radius 1 is 1.28 bits per heavy atom. The van der Waals surface area contributed by atoms with Gasteiger partial charge in [-0.3, -0.25) is 10.1 Å². The van der Waals surface area contributed by atoms with Crippen molar-refractivity contribution in [1.29, 1.82) is 0 Å². The highest BCUT2D eigenvalue weighted by atomic mass is 16.6. The molecule has 1 fully saturated rings. The first-order valence-electron chi connectivity index (χ1n) is 6.18. The van der Waals surface area contributed by atoms with Gasteiger partial charge < -0.3 is 10.2 Å². The fourth-order valence-electron chi connectivity index (χ4n) is 2.02. The molecule has 0 spiro atoms. The largest absolute Gasteiger partial charge is 0.353 e. The maximum atomic E-state index is 10.4. The van der Waals surface area contributed by atoms with Crippen LogP contribution in [0.1, 0.15) is 19.3 Å². The van der Waals surface area contributed by atoms with Crippen LogP contribution in [0.25, 0.3) is 0 Å². The average Bonchev–Trinajstić information content (AvgIpc) is 2.40. The van der Waals surface area contributed by atoms with E-state index in [9.17, 15) is 10.1 Å². The zero-order valence-corrected chi connectivity index (χ0v) is 10.2. The van der Waals surface area contributed by atoms with E-state index in [1.807, 2.05) is 0 Å². The van der Waals surface area contributed by atoms with Gasteiger partial charge in [0.25, 0.3) is 0 Å². The molecule has 1 saturated heterocycles. The van der Waals surface area contributed by atoms with Gasteiger partial charge in [-0.05, 0) is 25.9 Å². The van der Waals surface area contributed by atoms with Crippen molar-refractivity contribution in [2.45, 2.75) is 19.3 Å². The highest BCUT2D eigenvalue weighted by Gasteiger charge is 2.10. The van der Waals surface area contributed by atoms with Crippen LogP contribution < -0.4 is 5.32 Å². The van der Waals surface area contributed by atoms with E-state index < -0.39 is 4.92 Å². The molecule has 0 saturated carbocycles. The summed E-state index contributed by atoms with van der Waals surface area (Å²) in [5.41, 5.74) is -0.0865. The summed E-state index contributed by atoms with van der Waals surface area (Å²) < 4.78 is 0. The maximum Gasteiger partial charge on any atom is 0.305 e. The molecule has 0 unspecified atom stereocenters. The van der Waals surface area contributed by atoms with Gasteiger partial charge in [0.05, 0.1) is 4.92 Å². The quantitative estimate of drug-likeness (QED) is 0.627. The van der Waals surface area contributed by atoms with E-state index in [0.29, 0.717) is 5.95 Å². The van der Waals surface area contributed by atoms with E-state index in [-0.39, 0.29) is 5.69 Å². The van der Waals surface area contributed by atoms with Crippen molar-refractivity contribution in [1.82, 2.24) is 14.9 Å². The number of hydrogen-bond donors (Lipinski definition) is 1. The van der Waals surface area contributed by atoms with Crippen LogP contribution in [0.4, 0.5) is 11.6 Å². The minimum atomic E-state index is -0.502. The van der Waals surface area contributed by atoms with E-state index in [1.54, 1.807) is 0 Å². The molecule has 0 atom stereocenters. The van der Waals surface area contributed by atoms with Crippen molar-refractivity contribution in [2.75, 3.05) is 31.5 Å². The fourth-order valence-corrected chi connectivity index (χ4v) is 2.02. The van der Waals surface area contributed by atoms with Gasteiger partial charge >= 0.3 is 5.69 Å². The second kappa shape index (κ2) is 6.25. The van der Waals surface area contributed by atoms with Crippen molar-refractivity contribution in [3.05, 3.63) is 22.5 Å².